The van der Waals surface area contributed by atoms with Crippen LogP contribution in [0.1, 0.15) is 13.3 Å². The van der Waals surface area contributed by atoms with Gasteiger partial charge >= 0.3 is 0 Å². The highest BCUT2D eigenvalue weighted by atomic mass is 32.2. The summed E-state index contributed by atoms with van der Waals surface area (Å²) in [5.41, 5.74) is -0.399. The van der Waals surface area contributed by atoms with Crippen molar-refractivity contribution in [3.63, 3.8) is 0 Å². The molecule has 1 unspecified atom stereocenters. The SMILES string of the molecule is CCCNC(COC)CS(=O)(=O)c1ccccc1[N+](=O)[O-]. The summed E-state index contributed by atoms with van der Waals surface area (Å²) in [6.07, 6.45) is 0.853. The van der Waals surface area contributed by atoms with E-state index in [4.69, 9.17) is 4.74 Å². The minimum absolute atomic E-state index is 0.222. The van der Waals surface area contributed by atoms with E-state index in [2.05, 4.69) is 5.32 Å². The van der Waals surface area contributed by atoms with E-state index >= 15 is 0 Å². The summed E-state index contributed by atoms with van der Waals surface area (Å²) in [5, 5.41) is 14.0. The number of rotatable bonds is 9. The van der Waals surface area contributed by atoms with Crippen LogP contribution in [-0.2, 0) is 14.6 Å². The maximum atomic E-state index is 12.4. The Morgan fingerprint density at radius 1 is 1.38 bits per heavy atom. The van der Waals surface area contributed by atoms with E-state index in [0.29, 0.717) is 6.54 Å². The zero-order valence-electron chi connectivity index (χ0n) is 12.1. The molecule has 1 rings (SSSR count). The Balaban J connectivity index is 3.01. The molecule has 0 aliphatic rings. The number of methoxy groups -OCH3 is 1. The Labute approximate surface area is 124 Å². The highest BCUT2D eigenvalue weighted by Crippen LogP contribution is 2.24. The molecule has 1 aromatic carbocycles. The number of benzene rings is 1. The van der Waals surface area contributed by atoms with Gasteiger partial charge in [-0.3, -0.25) is 10.1 Å². The number of sulfone groups is 1. The summed E-state index contributed by atoms with van der Waals surface area (Å²) in [6, 6.07) is 4.97. The minimum Gasteiger partial charge on any atom is -0.383 e. The van der Waals surface area contributed by atoms with Gasteiger partial charge in [-0.1, -0.05) is 19.1 Å². The zero-order valence-corrected chi connectivity index (χ0v) is 12.9. The topological polar surface area (TPSA) is 98.5 Å². The maximum Gasteiger partial charge on any atom is 0.287 e. The van der Waals surface area contributed by atoms with E-state index < -0.39 is 26.5 Å². The van der Waals surface area contributed by atoms with Crippen molar-refractivity contribution in [2.24, 2.45) is 0 Å². The van der Waals surface area contributed by atoms with Gasteiger partial charge in [0.15, 0.2) is 9.84 Å². The number of nitrogens with one attached hydrogen (secondary N) is 1. The van der Waals surface area contributed by atoms with Gasteiger partial charge in [0.2, 0.25) is 0 Å². The normalized spacial score (nSPS) is 13.0. The summed E-state index contributed by atoms with van der Waals surface area (Å²) < 4.78 is 29.8. The van der Waals surface area contributed by atoms with Crippen molar-refractivity contribution >= 4 is 15.5 Å². The fraction of sp³-hybridized carbons (Fsp3) is 0.538. The van der Waals surface area contributed by atoms with Gasteiger partial charge in [0.05, 0.1) is 17.3 Å². The van der Waals surface area contributed by atoms with E-state index in [1.807, 2.05) is 6.92 Å². The van der Waals surface area contributed by atoms with Gasteiger partial charge in [-0.05, 0) is 19.0 Å². The lowest BCUT2D eigenvalue weighted by Gasteiger charge is -2.17. The molecule has 0 aromatic heterocycles. The molecule has 0 spiro atoms. The lowest BCUT2D eigenvalue weighted by molar-refractivity contribution is -0.387. The predicted octanol–water partition coefficient (Wildman–Crippen LogP) is 1.38. The van der Waals surface area contributed by atoms with Crippen molar-refractivity contribution in [2.75, 3.05) is 26.0 Å². The van der Waals surface area contributed by atoms with Crippen molar-refractivity contribution in [1.82, 2.24) is 5.32 Å². The van der Waals surface area contributed by atoms with Gasteiger partial charge in [0, 0.05) is 19.2 Å². The van der Waals surface area contributed by atoms with Gasteiger partial charge in [0.25, 0.3) is 5.69 Å². The summed E-state index contributed by atoms with van der Waals surface area (Å²) >= 11 is 0. The Morgan fingerprint density at radius 2 is 2.05 bits per heavy atom. The van der Waals surface area contributed by atoms with E-state index in [0.717, 1.165) is 6.42 Å². The van der Waals surface area contributed by atoms with E-state index in [1.165, 1.54) is 31.4 Å². The minimum atomic E-state index is -3.77. The van der Waals surface area contributed by atoms with Gasteiger partial charge in [-0.2, -0.15) is 0 Å². The third-order valence-corrected chi connectivity index (χ3v) is 4.73. The first-order valence-electron chi connectivity index (χ1n) is 6.60. The van der Waals surface area contributed by atoms with Crippen LogP contribution in [0.3, 0.4) is 0 Å². The lowest BCUT2D eigenvalue weighted by atomic mass is 10.3. The predicted molar refractivity (Wildman–Crippen MR) is 79.1 cm³/mol. The smallest absolute Gasteiger partial charge is 0.287 e. The number of hydrogen-bond acceptors (Lipinski definition) is 6. The molecule has 0 saturated carbocycles. The molecule has 118 valence electrons. The third-order valence-electron chi connectivity index (χ3n) is 2.87. The van der Waals surface area contributed by atoms with Gasteiger partial charge in [-0.25, -0.2) is 8.42 Å². The number of hydrogen-bond donors (Lipinski definition) is 1. The molecule has 0 bridgehead atoms. The highest BCUT2D eigenvalue weighted by molar-refractivity contribution is 7.91. The largest absolute Gasteiger partial charge is 0.383 e. The van der Waals surface area contributed by atoms with Gasteiger partial charge < -0.3 is 10.1 Å². The van der Waals surface area contributed by atoms with Gasteiger partial charge in [-0.15, -0.1) is 0 Å². The number of ether oxygens (including phenoxy) is 1. The number of para-hydroxylation sites is 1. The van der Waals surface area contributed by atoms with Crippen LogP contribution in [0.5, 0.6) is 0 Å². The van der Waals surface area contributed by atoms with Crippen LogP contribution in [0.25, 0.3) is 0 Å². The van der Waals surface area contributed by atoms with Crippen LogP contribution >= 0.6 is 0 Å². The average Bonchev–Trinajstić information content (AvgIpc) is 2.44. The van der Waals surface area contributed by atoms with Crippen LogP contribution in [0.4, 0.5) is 5.69 Å². The molecule has 0 aliphatic heterocycles. The number of nitro benzene ring substituents is 1. The van der Waals surface area contributed by atoms with Crippen molar-refractivity contribution in [3.05, 3.63) is 34.4 Å². The molecule has 1 atom stereocenters. The van der Waals surface area contributed by atoms with Crippen molar-refractivity contribution in [1.29, 1.82) is 0 Å². The lowest BCUT2D eigenvalue weighted by Crippen LogP contribution is -2.39. The molecule has 7 nitrogen and oxygen atoms in total. The Bertz CT molecular complexity index is 574. The van der Waals surface area contributed by atoms with Gasteiger partial charge in [0.1, 0.15) is 4.90 Å². The van der Waals surface area contributed by atoms with Crippen LogP contribution in [0, 0.1) is 10.1 Å². The second-order valence-electron chi connectivity index (χ2n) is 4.61. The first kappa shape index (κ1) is 17.5. The molecule has 1 aromatic rings. The van der Waals surface area contributed by atoms with E-state index in [9.17, 15) is 18.5 Å². The third kappa shape index (κ3) is 5.07. The Morgan fingerprint density at radius 3 is 2.62 bits per heavy atom. The Hall–Kier alpha value is -1.51. The molecule has 21 heavy (non-hydrogen) atoms. The second-order valence-corrected chi connectivity index (χ2v) is 6.62. The standard InChI is InChI=1S/C13H20N2O5S/c1-3-8-14-11(9-20-2)10-21(18,19)13-7-5-4-6-12(13)15(16)17/h4-7,11,14H,3,8-10H2,1-2H3. The second kappa shape index (κ2) is 8.06. The molecule has 0 aliphatic carbocycles. The molecule has 0 amide bonds. The molecular weight excluding hydrogens is 296 g/mol. The van der Waals surface area contributed by atoms with E-state index in [-0.39, 0.29) is 17.3 Å². The van der Waals surface area contributed by atoms with Crippen LogP contribution in [0.15, 0.2) is 29.2 Å². The quantitative estimate of drug-likeness (QED) is 0.546. The van der Waals surface area contributed by atoms with Crippen molar-refractivity contribution in [2.45, 2.75) is 24.3 Å². The molecule has 0 heterocycles. The number of nitrogens with zero attached hydrogens (tertiary/aromatic N) is 1. The molecule has 0 fully saturated rings. The first-order valence-corrected chi connectivity index (χ1v) is 8.26. The highest BCUT2D eigenvalue weighted by Gasteiger charge is 2.28. The Kier molecular flexibility index (Phi) is 6.73. The summed E-state index contributed by atoms with van der Waals surface area (Å²) in [5.74, 6) is -0.244. The molecule has 0 saturated heterocycles. The fourth-order valence-corrected chi connectivity index (χ4v) is 3.61. The maximum absolute atomic E-state index is 12.4. The van der Waals surface area contributed by atoms with Crippen LogP contribution < -0.4 is 5.32 Å². The fourth-order valence-electron chi connectivity index (χ4n) is 1.94. The van der Waals surface area contributed by atoms with Crippen LogP contribution in [0.2, 0.25) is 0 Å². The first-order chi connectivity index (χ1) is 9.92. The monoisotopic (exact) mass is 316 g/mol. The van der Waals surface area contributed by atoms with E-state index in [1.54, 1.807) is 0 Å². The molecule has 0 radical (unpaired) electrons. The summed E-state index contributed by atoms with van der Waals surface area (Å²) in [4.78, 5) is 10.0. The average molecular weight is 316 g/mol. The number of nitro groups is 1. The molecular formula is C13H20N2O5S. The molecule has 8 heteroatoms. The summed E-state index contributed by atoms with van der Waals surface area (Å²) in [6.45, 7) is 2.84. The van der Waals surface area contributed by atoms with Crippen molar-refractivity contribution < 1.29 is 18.1 Å². The van der Waals surface area contributed by atoms with Crippen LogP contribution in [-0.4, -0.2) is 45.4 Å². The zero-order chi connectivity index (χ0) is 15.9. The summed E-state index contributed by atoms with van der Waals surface area (Å²) in [7, 11) is -2.29. The molecule has 1 N–H and O–H groups in total. The van der Waals surface area contributed by atoms with Crippen molar-refractivity contribution in [3.8, 4) is 0 Å².